The van der Waals surface area contributed by atoms with E-state index in [0.717, 1.165) is 0 Å². The zero-order valence-electron chi connectivity index (χ0n) is 12.4. The maximum absolute atomic E-state index is 12.1. The molecule has 0 aliphatic heterocycles. The van der Waals surface area contributed by atoms with Gasteiger partial charge < -0.3 is 15.1 Å². The second-order valence-electron chi connectivity index (χ2n) is 5.80. The van der Waals surface area contributed by atoms with Crippen molar-refractivity contribution >= 4 is 5.65 Å². The number of aromatic nitrogens is 3. The topological polar surface area (TPSA) is 83.0 Å². The first-order valence-corrected chi connectivity index (χ1v) is 6.93. The van der Waals surface area contributed by atoms with Gasteiger partial charge in [0.15, 0.2) is 5.65 Å². The molecule has 0 aromatic carbocycles. The van der Waals surface area contributed by atoms with Crippen molar-refractivity contribution < 1.29 is 10.2 Å². The van der Waals surface area contributed by atoms with Gasteiger partial charge in [0, 0.05) is 24.7 Å². The molecule has 2 N–H and O–H groups in total. The first kappa shape index (κ1) is 15.7. The second kappa shape index (κ2) is 6.38. The summed E-state index contributed by atoms with van der Waals surface area (Å²) in [5, 5.41) is 22.9. The lowest BCUT2D eigenvalue weighted by molar-refractivity contribution is 0.0410. The minimum Gasteiger partial charge on any atom is -0.396 e. The van der Waals surface area contributed by atoms with Gasteiger partial charge in [-0.1, -0.05) is 13.0 Å². The van der Waals surface area contributed by atoms with Crippen LogP contribution >= 0.6 is 0 Å². The van der Waals surface area contributed by atoms with Gasteiger partial charge >= 0.3 is 5.69 Å². The van der Waals surface area contributed by atoms with Gasteiger partial charge in [0.2, 0.25) is 0 Å². The van der Waals surface area contributed by atoms with E-state index < -0.39 is 5.41 Å². The molecule has 21 heavy (non-hydrogen) atoms. The number of pyridine rings is 1. The Hall–Kier alpha value is -1.70. The van der Waals surface area contributed by atoms with E-state index in [1.54, 1.807) is 18.3 Å². The fraction of sp³-hybridized carbons (Fsp3) is 0.571. The summed E-state index contributed by atoms with van der Waals surface area (Å²) in [5.74, 6) is 0. The summed E-state index contributed by atoms with van der Waals surface area (Å²) in [5.41, 5.74) is -0.0784. The maximum atomic E-state index is 12.1. The number of aliphatic hydroxyl groups is 2. The van der Waals surface area contributed by atoms with Gasteiger partial charge in [0.25, 0.3) is 0 Å². The number of hydrogen-bond acceptors (Lipinski definition) is 5. The van der Waals surface area contributed by atoms with Crippen molar-refractivity contribution in [2.75, 3.05) is 33.4 Å². The Bertz CT molecular complexity index is 645. The van der Waals surface area contributed by atoms with Gasteiger partial charge in [-0.25, -0.2) is 9.48 Å². The molecule has 0 radical (unpaired) electrons. The third kappa shape index (κ3) is 3.49. The summed E-state index contributed by atoms with van der Waals surface area (Å²) in [6, 6.07) is 5.42. The van der Waals surface area contributed by atoms with Crippen LogP contribution in [0.25, 0.3) is 5.65 Å². The molecular formula is C14H22N4O3. The summed E-state index contributed by atoms with van der Waals surface area (Å²) >= 11 is 0. The highest BCUT2D eigenvalue weighted by Crippen LogP contribution is 2.15. The lowest BCUT2D eigenvalue weighted by atomic mass is 9.92. The molecule has 0 aliphatic rings. The highest BCUT2D eigenvalue weighted by Gasteiger charge is 2.24. The van der Waals surface area contributed by atoms with Crippen molar-refractivity contribution in [3.8, 4) is 0 Å². The Kier molecular flexibility index (Phi) is 4.76. The zero-order valence-corrected chi connectivity index (χ0v) is 12.4. The molecule has 0 bridgehead atoms. The summed E-state index contributed by atoms with van der Waals surface area (Å²) in [7, 11) is 1.89. The molecule has 0 unspecified atom stereocenters. The Labute approximate surface area is 123 Å². The summed E-state index contributed by atoms with van der Waals surface area (Å²) in [4.78, 5) is 14.1. The number of aliphatic hydroxyl groups excluding tert-OH is 2. The van der Waals surface area contributed by atoms with E-state index in [1.165, 1.54) is 9.08 Å². The Morgan fingerprint density at radius 3 is 2.67 bits per heavy atom. The van der Waals surface area contributed by atoms with Crippen LogP contribution in [0.15, 0.2) is 29.2 Å². The normalized spacial score (nSPS) is 12.4. The lowest BCUT2D eigenvalue weighted by Gasteiger charge is -2.30. The van der Waals surface area contributed by atoms with E-state index in [-0.39, 0.29) is 18.9 Å². The lowest BCUT2D eigenvalue weighted by Crippen LogP contribution is -2.40. The molecular weight excluding hydrogens is 272 g/mol. The molecule has 0 aliphatic carbocycles. The van der Waals surface area contributed by atoms with E-state index in [4.69, 9.17) is 0 Å². The van der Waals surface area contributed by atoms with Gasteiger partial charge in [-0.15, -0.1) is 5.10 Å². The standard InChI is InChI=1S/C14H22N4O3/c1-14(10-19,11-20)9-16(2)7-8-18-13(21)17-6-4-3-5-12(17)15-18/h3-6,19-20H,7-11H2,1-2H3. The molecule has 0 spiro atoms. The Morgan fingerprint density at radius 2 is 2.05 bits per heavy atom. The van der Waals surface area contributed by atoms with Gasteiger partial charge in [-0.3, -0.25) is 4.40 Å². The molecule has 2 heterocycles. The third-order valence-electron chi connectivity index (χ3n) is 3.60. The van der Waals surface area contributed by atoms with E-state index in [2.05, 4.69) is 5.10 Å². The molecule has 0 fully saturated rings. The minimum absolute atomic E-state index is 0.0812. The molecule has 2 aromatic heterocycles. The van der Waals surface area contributed by atoms with Crippen molar-refractivity contribution in [1.29, 1.82) is 0 Å². The predicted octanol–water partition coefficient (Wildman–Crippen LogP) is -0.581. The first-order chi connectivity index (χ1) is 9.99. The maximum Gasteiger partial charge on any atom is 0.350 e. The van der Waals surface area contributed by atoms with Crippen molar-refractivity contribution in [3.63, 3.8) is 0 Å². The summed E-state index contributed by atoms with van der Waals surface area (Å²) < 4.78 is 2.94. The molecule has 0 atom stereocenters. The fourth-order valence-electron chi connectivity index (χ4n) is 2.26. The average Bonchev–Trinajstić information content (AvgIpc) is 2.82. The van der Waals surface area contributed by atoms with Crippen LogP contribution in [0.3, 0.4) is 0 Å². The molecule has 2 aromatic rings. The number of likely N-dealkylation sites (N-methyl/N-ethyl adjacent to an activating group) is 1. The molecule has 7 heteroatoms. The smallest absolute Gasteiger partial charge is 0.350 e. The van der Waals surface area contributed by atoms with Crippen molar-refractivity contribution in [2.24, 2.45) is 5.41 Å². The van der Waals surface area contributed by atoms with Gasteiger partial charge in [-0.05, 0) is 19.2 Å². The molecule has 2 rings (SSSR count). The second-order valence-corrected chi connectivity index (χ2v) is 5.80. The van der Waals surface area contributed by atoms with Crippen molar-refractivity contribution in [2.45, 2.75) is 13.5 Å². The van der Waals surface area contributed by atoms with Crippen LogP contribution < -0.4 is 5.69 Å². The Balaban J connectivity index is 2.02. The summed E-state index contributed by atoms with van der Waals surface area (Å²) in [6.45, 7) is 3.27. The number of nitrogens with zero attached hydrogens (tertiary/aromatic N) is 4. The average molecular weight is 294 g/mol. The highest BCUT2D eigenvalue weighted by molar-refractivity contribution is 5.35. The molecule has 0 amide bonds. The van der Waals surface area contributed by atoms with Gasteiger partial charge in [-0.2, -0.15) is 0 Å². The molecule has 116 valence electrons. The first-order valence-electron chi connectivity index (χ1n) is 6.93. The minimum atomic E-state index is -0.543. The van der Waals surface area contributed by atoms with Crippen molar-refractivity contribution in [1.82, 2.24) is 19.1 Å². The third-order valence-corrected chi connectivity index (χ3v) is 3.60. The van der Waals surface area contributed by atoms with Crippen LogP contribution in [0, 0.1) is 5.41 Å². The van der Waals surface area contributed by atoms with E-state index in [1.807, 2.05) is 24.9 Å². The number of rotatable bonds is 7. The predicted molar refractivity (Wildman–Crippen MR) is 79.2 cm³/mol. The van der Waals surface area contributed by atoms with Crippen LogP contribution in [-0.2, 0) is 6.54 Å². The van der Waals surface area contributed by atoms with Crippen molar-refractivity contribution in [3.05, 3.63) is 34.9 Å². The zero-order chi connectivity index (χ0) is 15.5. The molecule has 0 saturated carbocycles. The Morgan fingerprint density at radius 1 is 1.33 bits per heavy atom. The monoisotopic (exact) mass is 294 g/mol. The largest absolute Gasteiger partial charge is 0.396 e. The van der Waals surface area contributed by atoms with Crippen LogP contribution in [0.4, 0.5) is 0 Å². The number of hydrogen-bond donors (Lipinski definition) is 2. The van der Waals surface area contributed by atoms with E-state index >= 15 is 0 Å². The van der Waals surface area contributed by atoms with E-state index in [9.17, 15) is 15.0 Å². The van der Waals surface area contributed by atoms with Crippen LogP contribution in [0.1, 0.15) is 6.92 Å². The van der Waals surface area contributed by atoms with Gasteiger partial charge in [0.05, 0.1) is 19.8 Å². The molecule has 7 nitrogen and oxygen atoms in total. The number of fused-ring (bicyclic) bond motifs is 1. The summed E-state index contributed by atoms with van der Waals surface area (Å²) in [6.07, 6.45) is 1.69. The highest BCUT2D eigenvalue weighted by atomic mass is 16.3. The SMILES string of the molecule is CN(CCn1nc2ccccn2c1=O)CC(C)(CO)CO. The van der Waals surface area contributed by atoms with Crippen LogP contribution in [0.2, 0.25) is 0 Å². The van der Waals surface area contributed by atoms with Crippen LogP contribution in [0.5, 0.6) is 0 Å². The molecule has 0 saturated heterocycles. The van der Waals surface area contributed by atoms with E-state index in [0.29, 0.717) is 25.3 Å². The van der Waals surface area contributed by atoms with Crippen LogP contribution in [-0.4, -0.2) is 62.6 Å². The van der Waals surface area contributed by atoms with Gasteiger partial charge in [0.1, 0.15) is 0 Å². The fourth-order valence-corrected chi connectivity index (χ4v) is 2.26. The quantitative estimate of drug-likeness (QED) is 0.714.